The molecule has 2 aromatic rings. The second-order valence-electron chi connectivity index (χ2n) is 4.28. The van der Waals surface area contributed by atoms with Crippen LogP contribution in [0.15, 0.2) is 48.5 Å². The molecule has 0 saturated carbocycles. The van der Waals surface area contributed by atoms with Gasteiger partial charge in [0.2, 0.25) is 0 Å². The molecule has 0 atom stereocenters. The minimum Gasteiger partial charge on any atom is -0.384 e. The van der Waals surface area contributed by atoms with Crippen molar-refractivity contribution in [3.05, 3.63) is 70.2 Å². The molecule has 0 aliphatic heterocycles. The van der Waals surface area contributed by atoms with E-state index in [1.165, 1.54) is 0 Å². The molecule has 0 spiro atoms. The van der Waals surface area contributed by atoms with Crippen molar-refractivity contribution >= 4 is 11.6 Å². The number of benzene rings is 2. The van der Waals surface area contributed by atoms with Gasteiger partial charge >= 0.3 is 0 Å². The topological polar surface area (TPSA) is 29.5 Å². The summed E-state index contributed by atoms with van der Waals surface area (Å²) >= 11 is 5.83. The van der Waals surface area contributed by atoms with Crippen LogP contribution in [0.1, 0.15) is 16.7 Å². The summed E-state index contributed by atoms with van der Waals surface area (Å²) in [5.74, 6) is 5.51. The second kappa shape index (κ2) is 7.72. The Balaban J connectivity index is 1.89. The zero-order valence-electron chi connectivity index (χ0n) is 11.0. The quantitative estimate of drug-likeness (QED) is 0.873. The maximum atomic E-state index is 8.68. The fraction of sp³-hybridized carbons (Fsp3) is 0.176. The molecule has 0 radical (unpaired) electrons. The van der Waals surface area contributed by atoms with Crippen molar-refractivity contribution in [3.8, 4) is 11.8 Å². The highest BCUT2D eigenvalue weighted by atomic mass is 35.5. The molecule has 102 valence electrons. The Hall–Kier alpha value is -1.79. The lowest BCUT2D eigenvalue weighted by Gasteiger charge is -2.05. The highest BCUT2D eigenvalue weighted by molar-refractivity contribution is 6.30. The third kappa shape index (κ3) is 4.71. The molecule has 3 heteroatoms. The Morgan fingerprint density at radius 3 is 2.50 bits per heavy atom. The smallest absolute Gasteiger partial charge is 0.104 e. The Morgan fingerprint density at radius 1 is 1.00 bits per heavy atom. The Bertz CT molecular complexity index is 609. The number of aliphatic hydroxyl groups is 1. The van der Waals surface area contributed by atoms with Crippen molar-refractivity contribution in [2.45, 2.75) is 13.2 Å². The molecule has 2 aromatic carbocycles. The van der Waals surface area contributed by atoms with E-state index in [-0.39, 0.29) is 6.61 Å². The maximum Gasteiger partial charge on any atom is 0.104 e. The van der Waals surface area contributed by atoms with Crippen LogP contribution in [-0.4, -0.2) is 11.7 Å². The van der Waals surface area contributed by atoms with Gasteiger partial charge in [-0.05, 0) is 35.4 Å². The summed E-state index contributed by atoms with van der Waals surface area (Å²) < 4.78 is 5.66. The molecule has 0 saturated heterocycles. The van der Waals surface area contributed by atoms with Gasteiger partial charge in [-0.2, -0.15) is 0 Å². The number of halogens is 1. The summed E-state index contributed by atoms with van der Waals surface area (Å²) in [4.78, 5) is 0. The van der Waals surface area contributed by atoms with E-state index in [9.17, 15) is 0 Å². The Kier molecular flexibility index (Phi) is 5.64. The van der Waals surface area contributed by atoms with E-state index in [1.807, 2.05) is 48.5 Å². The maximum absolute atomic E-state index is 8.68. The summed E-state index contributed by atoms with van der Waals surface area (Å²) in [5.41, 5.74) is 3.03. The first kappa shape index (κ1) is 14.6. The van der Waals surface area contributed by atoms with Gasteiger partial charge in [0.15, 0.2) is 0 Å². The number of hydrogen-bond donors (Lipinski definition) is 1. The molecule has 2 rings (SSSR count). The SMILES string of the molecule is OCC#Cc1cccc(COCc2ccc(Cl)cc2)c1. The van der Waals surface area contributed by atoms with E-state index >= 15 is 0 Å². The van der Waals surface area contributed by atoms with Crippen molar-refractivity contribution in [1.29, 1.82) is 0 Å². The Labute approximate surface area is 124 Å². The summed E-state index contributed by atoms with van der Waals surface area (Å²) in [5, 5.41) is 9.40. The first-order valence-corrected chi connectivity index (χ1v) is 6.66. The molecule has 0 amide bonds. The highest BCUT2D eigenvalue weighted by Gasteiger charge is 1.97. The summed E-state index contributed by atoms with van der Waals surface area (Å²) in [6, 6.07) is 15.4. The average molecular weight is 287 g/mol. The number of aliphatic hydroxyl groups excluding tert-OH is 1. The number of rotatable bonds is 4. The molecule has 0 aromatic heterocycles. The minimum absolute atomic E-state index is 0.128. The fourth-order valence-corrected chi connectivity index (χ4v) is 1.87. The van der Waals surface area contributed by atoms with Gasteiger partial charge in [-0.25, -0.2) is 0 Å². The molecule has 20 heavy (non-hydrogen) atoms. The van der Waals surface area contributed by atoms with Crippen LogP contribution in [0.25, 0.3) is 0 Å². The van der Waals surface area contributed by atoms with Crippen LogP contribution in [0, 0.1) is 11.8 Å². The molecular formula is C17H15ClO2. The van der Waals surface area contributed by atoms with Gasteiger partial charge in [0.25, 0.3) is 0 Å². The highest BCUT2D eigenvalue weighted by Crippen LogP contribution is 2.12. The van der Waals surface area contributed by atoms with Crippen LogP contribution in [0.2, 0.25) is 5.02 Å². The zero-order valence-corrected chi connectivity index (χ0v) is 11.7. The van der Waals surface area contributed by atoms with Gasteiger partial charge in [-0.3, -0.25) is 0 Å². The lowest BCUT2D eigenvalue weighted by atomic mass is 10.1. The van der Waals surface area contributed by atoms with Gasteiger partial charge in [0, 0.05) is 10.6 Å². The zero-order chi connectivity index (χ0) is 14.2. The van der Waals surface area contributed by atoms with Gasteiger partial charge in [0.05, 0.1) is 13.2 Å². The van der Waals surface area contributed by atoms with Crippen LogP contribution >= 0.6 is 11.6 Å². The van der Waals surface area contributed by atoms with Gasteiger partial charge < -0.3 is 9.84 Å². The molecule has 0 heterocycles. The van der Waals surface area contributed by atoms with E-state index < -0.39 is 0 Å². The molecule has 0 unspecified atom stereocenters. The largest absolute Gasteiger partial charge is 0.384 e. The van der Waals surface area contributed by atoms with Crippen molar-refractivity contribution in [1.82, 2.24) is 0 Å². The van der Waals surface area contributed by atoms with Crippen LogP contribution in [-0.2, 0) is 18.0 Å². The van der Waals surface area contributed by atoms with E-state index in [0.29, 0.717) is 13.2 Å². The predicted molar refractivity (Wildman–Crippen MR) is 80.4 cm³/mol. The third-order valence-electron chi connectivity index (χ3n) is 2.69. The van der Waals surface area contributed by atoms with Crippen LogP contribution in [0.3, 0.4) is 0 Å². The fourth-order valence-electron chi connectivity index (χ4n) is 1.75. The normalized spacial score (nSPS) is 9.90. The lowest BCUT2D eigenvalue weighted by Crippen LogP contribution is -1.94. The van der Waals surface area contributed by atoms with Gasteiger partial charge in [-0.1, -0.05) is 47.7 Å². The molecule has 0 aliphatic carbocycles. The lowest BCUT2D eigenvalue weighted by molar-refractivity contribution is 0.107. The summed E-state index contributed by atoms with van der Waals surface area (Å²) in [7, 11) is 0. The van der Waals surface area contributed by atoms with E-state index in [4.69, 9.17) is 21.4 Å². The first-order chi connectivity index (χ1) is 9.78. The van der Waals surface area contributed by atoms with E-state index in [2.05, 4.69) is 11.8 Å². The average Bonchev–Trinajstić information content (AvgIpc) is 2.48. The number of ether oxygens (including phenoxy) is 1. The Morgan fingerprint density at radius 2 is 1.75 bits per heavy atom. The van der Waals surface area contributed by atoms with Crippen molar-refractivity contribution in [2.75, 3.05) is 6.61 Å². The van der Waals surface area contributed by atoms with E-state index in [1.54, 1.807) is 0 Å². The second-order valence-corrected chi connectivity index (χ2v) is 4.72. The molecule has 1 N–H and O–H groups in total. The van der Waals surface area contributed by atoms with Gasteiger partial charge in [-0.15, -0.1) is 0 Å². The van der Waals surface area contributed by atoms with Crippen molar-refractivity contribution in [2.24, 2.45) is 0 Å². The molecular weight excluding hydrogens is 272 g/mol. The monoisotopic (exact) mass is 286 g/mol. The minimum atomic E-state index is -0.128. The van der Waals surface area contributed by atoms with Crippen molar-refractivity contribution in [3.63, 3.8) is 0 Å². The molecule has 0 fully saturated rings. The van der Waals surface area contributed by atoms with Crippen LogP contribution in [0.5, 0.6) is 0 Å². The standard InChI is InChI=1S/C17H15ClO2/c18-17-8-6-15(7-9-17)12-20-13-16-4-1-3-14(11-16)5-2-10-19/h1,3-4,6-9,11,19H,10,12-13H2. The summed E-state index contributed by atoms with van der Waals surface area (Å²) in [6.45, 7) is 0.943. The van der Waals surface area contributed by atoms with E-state index in [0.717, 1.165) is 21.7 Å². The third-order valence-corrected chi connectivity index (χ3v) is 2.94. The molecule has 0 aliphatic rings. The molecule has 2 nitrogen and oxygen atoms in total. The van der Waals surface area contributed by atoms with Crippen molar-refractivity contribution < 1.29 is 9.84 Å². The molecule has 0 bridgehead atoms. The number of hydrogen-bond acceptors (Lipinski definition) is 2. The summed E-state index contributed by atoms with van der Waals surface area (Å²) in [6.07, 6.45) is 0. The first-order valence-electron chi connectivity index (χ1n) is 6.29. The van der Waals surface area contributed by atoms with Crippen LogP contribution < -0.4 is 0 Å². The van der Waals surface area contributed by atoms with Gasteiger partial charge in [0.1, 0.15) is 6.61 Å². The predicted octanol–water partition coefficient (Wildman–Crippen LogP) is 3.40. The van der Waals surface area contributed by atoms with Crippen LogP contribution in [0.4, 0.5) is 0 Å².